The van der Waals surface area contributed by atoms with Crippen LogP contribution < -0.4 is 11.1 Å². The van der Waals surface area contributed by atoms with Crippen LogP contribution in [0.5, 0.6) is 0 Å². The number of hydrogen-bond donors (Lipinski definition) is 2. The molecule has 0 aromatic heterocycles. The first kappa shape index (κ1) is 13.7. The first-order valence-electron chi connectivity index (χ1n) is 6.50. The molecule has 0 bridgehead atoms. The number of hydrogen-bond acceptors (Lipinski definition) is 5. The highest BCUT2D eigenvalue weighted by Crippen LogP contribution is 2.31. The molecule has 5 heteroatoms. The first-order chi connectivity index (χ1) is 9.15. The molecule has 0 aliphatic heterocycles. The van der Waals surface area contributed by atoms with Crippen molar-refractivity contribution in [3.8, 4) is 0 Å². The lowest BCUT2D eigenvalue weighted by atomic mass is 9.88. The molecule has 1 aliphatic carbocycles. The van der Waals surface area contributed by atoms with Gasteiger partial charge in [-0.2, -0.15) is 0 Å². The topological polar surface area (TPSA) is 73.6 Å². The van der Waals surface area contributed by atoms with E-state index in [1.165, 1.54) is 0 Å². The Morgan fingerprint density at radius 1 is 1.47 bits per heavy atom. The van der Waals surface area contributed by atoms with Gasteiger partial charge in [0.05, 0.1) is 29.6 Å². The van der Waals surface area contributed by atoms with Crippen molar-refractivity contribution in [1.82, 2.24) is 0 Å². The smallest absolute Gasteiger partial charge is 0.340 e. The van der Waals surface area contributed by atoms with Gasteiger partial charge in [-0.05, 0) is 31.9 Å². The summed E-state index contributed by atoms with van der Waals surface area (Å²) in [6.45, 7) is 2.13. The largest absolute Gasteiger partial charge is 0.462 e. The van der Waals surface area contributed by atoms with Crippen LogP contribution in [-0.2, 0) is 9.47 Å². The second-order valence-corrected chi connectivity index (χ2v) is 4.66. The molecule has 1 aliphatic rings. The Hall–Kier alpha value is -1.75. The van der Waals surface area contributed by atoms with E-state index in [2.05, 4.69) is 5.32 Å². The molecule has 1 fully saturated rings. The molecule has 0 amide bonds. The van der Waals surface area contributed by atoms with Gasteiger partial charge in [0.25, 0.3) is 0 Å². The molecule has 1 saturated carbocycles. The maximum absolute atomic E-state index is 11.9. The van der Waals surface area contributed by atoms with E-state index in [4.69, 9.17) is 15.2 Å². The number of nitrogens with one attached hydrogen (secondary N) is 1. The summed E-state index contributed by atoms with van der Waals surface area (Å²) in [6, 6.07) is 5.55. The number of para-hydroxylation sites is 1. The Kier molecular flexibility index (Phi) is 4.27. The van der Waals surface area contributed by atoms with Crippen LogP contribution in [0.15, 0.2) is 18.2 Å². The Morgan fingerprint density at radius 2 is 2.21 bits per heavy atom. The number of carbonyl (C=O) groups is 1. The molecule has 0 heterocycles. The molecule has 0 unspecified atom stereocenters. The van der Waals surface area contributed by atoms with E-state index in [-0.39, 0.29) is 5.97 Å². The van der Waals surface area contributed by atoms with Gasteiger partial charge < -0.3 is 20.5 Å². The second-order valence-electron chi connectivity index (χ2n) is 4.66. The van der Waals surface area contributed by atoms with Gasteiger partial charge in [-0.25, -0.2) is 4.79 Å². The number of nitrogens with two attached hydrogens (primary N) is 1. The number of rotatable bonds is 5. The van der Waals surface area contributed by atoms with E-state index < -0.39 is 0 Å². The molecular formula is C14H20N2O3. The Bertz CT molecular complexity index is 456. The van der Waals surface area contributed by atoms with Crippen molar-refractivity contribution in [2.75, 3.05) is 24.8 Å². The highest BCUT2D eigenvalue weighted by molar-refractivity contribution is 5.98. The first-order valence-corrected chi connectivity index (χ1v) is 6.50. The van der Waals surface area contributed by atoms with Crippen molar-refractivity contribution in [1.29, 1.82) is 0 Å². The predicted molar refractivity (Wildman–Crippen MR) is 74.3 cm³/mol. The summed E-state index contributed by atoms with van der Waals surface area (Å²) in [5, 5.41) is 3.31. The second kappa shape index (κ2) is 5.93. The molecule has 0 spiro atoms. The fourth-order valence-corrected chi connectivity index (χ4v) is 2.19. The molecule has 1 aromatic rings. The molecular weight excluding hydrogens is 244 g/mol. The lowest BCUT2D eigenvalue weighted by Gasteiger charge is -2.36. The maximum Gasteiger partial charge on any atom is 0.340 e. The zero-order valence-corrected chi connectivity index (χ0v) is 11.3. The number of nitrogen functional groups attached to an aromatic ring is 1. The number of carbonyl (C=O) groups excluding carboxylic acids is 1. The Labute approximate surface area is 113 Å². The standard InChI is InChI=1S/C14H20N2O3/c1-3-19-14(17)11-5-4-6-12(15)13(11)16-9-7-10(8-9)18-2/h4-6,9-10,16H,3,7-8,15H2,1-2H3. The SMILES string of the molecule is CCOC(=O)c1cccc(N)c1NC1CC(OC)C1. The van der Waals surface area contributed by atoms with E-state index in [0.717, 1.165) is 12.8 Å². The molecule has 3 N–H and O–H groups in total. The van der Waals surface area contributed by atoms with Gasteiger partial charge in [0.2, 0.25) is 0 Å². The summed E-state index contributed by atoms with van der Waals surface area (Å²) >= 11 is 0. The number of anilines is 2. The zero-order chi connectivity index (χ0) is 13.8. The van der Waals surface area contributed by atoms with E-state index in [1.54, 1.807) is 32.2 Å². The molecule has 104 valence electrons. The fraction of sp³-hybridized carbons (Fsp3) is 0.500. The molecule has 1 aromatic carbocycles. The normalized spacial score (nSPS) is 21.6. The van der Waals surface area contributed by atoms with Crippen LogP contribution in [0.3, 0.4) is 0 Å². The maximum atomic E-state index is 11.9. The number of esters is 1. The monoisotopic (exact) mass is 264 g/mol. The predicted octanol–water partition coefficient (Wildman–Crippen LogP) is 2.03. The quantitative estimate of drug-likeness (QED) is 0.629. The van der Waals surface area contributed by atoms with Crippen molar-refractivity contribution in [2.24, 2.45) is 0 Å². The van der Waals surface area contributed by atoms with Crippen LogP contribution in [-0.4, -0.2) is 31.8 Å². The fourth-order valence-electron chi connectivity index (χ4n) is 2.19. The number of benzene rings is 1. The van der Waals surface area contributed by atoms with Gasteiger partial charge in [-0.15, -0.1) is 0 Å². The van der Waals surface area contributed by atoms with Crippen LogP contribution in [0, 0.1) is 0 Å². The van der Waals surface area contributed by atoms with Gasteiger partial charge in [0, 0.05) is 13.2 Å². The minimum Gasteiger partial charge on any atom is -0.462 e. The molecule has 5 nitrogen and oxygen atoms in total. The van der Waals surface area contributed by atoms with E-state index in [1.807, 2.05) is 0 Å². The minimum absolute atomic E-state index is 0.294. The zero-order valence-electron chi connectivity index (χ0n) is 11.3. The lowest BCUT2D eigenvalue weighted by molar-refractivity contribution is 0.0328. The highest BCUT2D eigenvalue weighted by atomic mass is 16.5. The van der Waals surface area contributed by atoms with Crippen LogP contribution in [0.4, 0.5) is 11.4 Å². The highest BCUT2D eigenvalue weighted by Gasteiger charge is 2.30. The van der Waals surface area contributed by atoms with Gasteiger partial charge in [-0.1, -0.05) is 6.07 Å². The van der Waals surface area contributed by atoms with E-state index in [9.17, 15) is 4.79 Å². The van der Waals surface area contributed by atoms with Crippen molar-refractivity contribution in [2.45, 2.75) is 31.9 Å². The van der Waals surface area contributed by atoms with Crippen molar-refractivity contribution < 1.29 is 14.3 Å². The number of methoxy groups -OCH3 is 1. The Balaban J connectivity index is 2.12. The molecule has 2 rings (SSSR count). The summed E-state index contributed by atoms with van der Waals surface area (Å²) in [4.78, 5) is 11.9. The molecule has 19 heavy (non-hydrogen) atoms. The van der Waals surface area contributed by atoms with E-state index in [0.29, 0.717) is 35.7 Å². The third-order valence-electron chi connectivity index (χ3n) is 3.37. The third kappa shape index (κ3) is 2.98. The summed E-state index contributed by atoms with van der Waals surface area (Å²) in [7, 11) is 1.71. The van der Waals surface area contributed by atoms with Crippen LogP contribution in [0.25, 0.3) is 0 Å². The third-order valence-corrected chi connectivity index (χ3v) is 3.37. The van der Waals surface area contributed by atoms with Gasteiger partial charge in [0.1, 0.15) is 0 Å². The lowest BCUT2D eigenvalue weighted by Crippen LogP contribution is -2.40. The molecule has 0 saturated heterocycles. The van der Waals surface area contributed by atoms with Crippen molar-refractivity contribution >= 4 is 17.3 Å². The van der Waals surface area contributed by atoms with E-state index >= 15 is 0 Å². The van der Waals surface area contributed by atoms with Gasteiger partial charge >= 0.3 is 5.97 Å². The Morgan fingerprint density at radius 3 is 2.84 bits per heavy atom. The summed E-state index contributed by atoms with van der Waals surface area (Å²) in [5.41, 5.74) is 7.67. The van der Waals surface area contributed by atoms with Crippen molar-refractivity contribution in [3.05, 3.63) is 23.8 Å². The average Bonchev–Trinajstić information content (AvgIpc) is 2.34. The summed E-state index contributed by atoms with van der Waals surface area (Å²) in [6.07, 6.45) is 2.15. The minimum atomic E-state index is -0.347. The number of ether oxygens (including phenoxy) is 2. The summed E-state index contributed by atoms with van der Waals surface area (Å²) in [5.74, 6) is -0.347. The average molecular weight is 264 g/mol. The molecule has 0 atom stereocenters. The molecule has 0 radical (unpaired) electrons. The van der Waals surface area contributed by atoms with Crippen LogP contribution in [0.1, 0.15) is 30.1 Å². The van der Waals surface area contributed by atoms with Gasteiger partial charge in [0.15, 0.2) is 0 Å². The van der Waals surface area contributed by atoms with Gasteiger partial charge in [-0.3, -0.25) is 0 Å². The van der Waals surface area contributed by atoms with Crippen molar-refractivity contribution in [3.63, 3.8) is 0 Å². The van der Waals surface area contributed by atoms with Crippen LogP contribution >= 0.6 is 0 Å². The summed E-state index contributed by atoms with van der Waals surface area (Å²) < 4.78 is 10.3. The van der Waals surface area contributed by atoms with Crippen LogP contribution in [0.2, 0.25) is 0 Å².